The summed E-state index contributed by atoms with van der Waals surface area (Å²) in [6.45, 7) is 0. The first kappa shape index (κ1) is 33.0. The molecule has 10 rings (SSSR count). The molecule has 0 radical (unpaired) electrons. The molecule has 0 bridgehead atoms. The van der Waals surface area contributed by atoms with Crippen molar-refractivity contribution in [3.63, 3.8) is 0 Å². The molecule has 2 heterocycles. The summed E-state index contributed by atoms with van der Waals surface area (Å²) >= 11 is 0. The normalized spacial score (nSPS) is 11.2. The Morgan fingerprint density at radius 2 is 0.786 bits per heavy atom. The Kier molecular flexibility index (Phi) is 8.47. The number of furan rings is 1. The van der Waals surface area contributed by atoms with Crippen LogP contribution in [-0.4, -0.2) is 9.97 Å². The maximum absolute atomic E-state index is 6.58. The molecule has 0 amide bonds. The summed E-state index contributed by atoms with van der Waals surface area (Å²) in [5.41, 5.74) is 14.1. The molecule has 2 aromatic heterocycles. The van der Waals surface area contributed by atoms with Crippen LogP contribution in [0, 0.1) is 0 Å². The molecule has 4 heteroatoms. The van der Waals surface area contributed by atoms with Crippen LogP contribution in [0.1, 0.15) is 0 Å². The zero-order valence-corrected chi connectivity index (χ0v) is 30.5. The maximum atomic E-state index is 6.58. The van der Waals surface area contributed by atoms with Crippen molar-refractivity contribution in [1.82, 2.24) is 9.97 Å². The maximum Gasteiger partial charge on any atom is 0.160 e. The Labute approximate surface area is 325 Å². The van der Waals surface area contributed by atoms with Crippen LogP contribution in [0.15, 0.2) is 217 Å². The minimum absolute atomic E-state index is 0.656. The average molecular weight is 718 g/mol. The van der Waals surface area contributed by atoms with Crippen LogP contribution in [0.2, 0.25) is 0 Å². The number of benzene rings is 8. The van der Waals surface area contributed by atoms with Crippen molar-refractivity contribution < 1.29 is 4.42 Å². The third kappa shape index (κ3) is 6.29. The molecule has 0 saturated heterocycles. The van der Waals surface area contributed by atoms with Crippen LogP contribution in [-0.2, 0) is 0 Å². The van der Waals surface area contributed by atoms with Crippen LogP contribution >= 0.6 is 0 Å². The number of anilines is 3. The first-order valence-electron chi connectivity index (χ1n) is 18.8. The van der Waals surface area contributed by atoms with Gasteiger partial charge in [0, 0.05) is 33.5 Å². The van der Waals surface area contributed by atoms with Gasteiger partial charge in [0.05, 0.1) is 22.5 Å². The Morgan fingerprint density at radius 1 is 0.339 bits per heavy atom. The molecule has 0 aliphatic carbocycles. The average Bonchev–Trinajstić information content (AvgIpc) is 3.67. The fraction of sp³-hybridized carbons (Fsp3) is 0. The fourth-order valence-electron chi connectivity index (χ4n) is 7.52. The summed E-state index contributed by atoms with van der Waals surface area (Å²) in [5, 5.41) is 2.01. The Morgan fingerprint density at radius 3 is 1.29 bits per heavy atom. The minimum Gasteiger partial charge on any atom is -0.456 e. The smallest absolute Gasteiger partial charge is 0.160 e. The van der Waals surface area contributed by atoms with E-state index < -0.39 is 0 Å². The molecule has 56 heavy (non-hydrogen) atoms. The van der Waals surface area contributed by atoms with Crippen molar-refractivity contribution in [2.45, 2.75) is 0 Å². The van der Waals surface area contributed by atoms with Crippen LogP contribution in [0.3, 0.4) is 0 Å². The first-order valence-corrected chi connectivity index (χ1v) is 18.8. The van der Waals surface area contributed by atoms with Gasteiger partial charge in [0.1, 0.15) is 11.2 Å². The Bertz CT molecular complexity index is 2780. The number of nitrogens with zero attached hydrogens (tertiary/aromatic N) is 3. The van der Waals surface area contributed by atoms with Crippen molar-refractivity contribution in [2.24, 2.45) is 0 Å². The highest BCUT2D eigenvalue weighted by Crippen LogP contribution is 2.44. The van der Waals surface area contributed by atoms with Crippen molar-refractivity contribution >= 4 is 39.0 Å². The van der Waals surface area contributed by atoms with E-state index in [1.165, 1.54) is 11.1 Å². The van der Waals surface area contributed by atoms with Crippen LogP contribution in [0.4, 0.5) is 17.1 Å². The highest BCUT2D eigenvalue weighted by atomic mass is 16.3. The number of hydrogen-bond acceptors (Lipinski definition) is 4. The lowest BCUT2D eigenvalue weighted by Crippen LogP contribution is -2.10. The van der Waals surface area contributed by atoms with E-state index in [1.54, 1.807) is 0 Å². The quantitative estimate of drug-likeness (QED) is 0.157. The summed E-state index contributed by atoms with van der Waals surface area (Å²) in [6, 6.07) is 73.8. The zero-order chi connectivity index (χ0) is 37.3. The van der Waals surface area contributed by atoms with Crippen LogP contribution in [0.25, 0.3) is 78.1 Å². The van der Waals surface area contributed by atoms with E-state index in [2.05, 4.69) is 157 Å². The molecule has 8 aromatic carbocycles. The summed E-state index contributed by atoms with van der Waals surface area (Å²) < 4.78 is 6.58. The standard InChI is InChI=1S/C52H35N3O/c1-5-14-36(15-6-1)38-24-29-43(30-25-38)55(44-31-26-39(27-32-44)37-16-7-2-8-17-37)48-22-13-23-50-51(48)45-34-42(28-33-49(45)56-50)52-53-46(40-18-9-3-10-19-40)35-47(54-52)41-20-11-4-12-21-41/h1-35H. The lowest BCUT2D eigenvalue weighted by atomic mass is 10.0. The van der Waals surface area contributed by atoms with E-state index in [0.717, 1.165) is 78.2 Å². The summed E-state index contributed by atoms with van der Waals surface area (Å²) in [7, 11) is 0. The number of aromatic nitrogens is 2. The summed E-state index contributed by atoms with van der Waals surface area (Å²) in [6.07, 6.45) is 0. The predicted molar refractivity (Wildman–Crippen MR) is 231 cm³/mol. The zero-order valence-electron chi connectivity index (χ0n) is 30.5. The van der Waals surface area contributed by atoms with Crippen LogP contribution in [0.5, 0.6) is 0 Å². The van der Waals surface area contributed by atoms with Gasteiger partial charge in [0.25, 0.3) is 0 Å². The largest absolute Gasteiger partial charge is 0.456 e. The lowest BCUT2D eigenvalue weighted by molar-refractivity contribution is 0.669. The van der Waals surface area contributed by atoms with Gasteiger partial charge in [-0.2, -0.15) is 0 Å². The predicted octanol–water partition coefficient (Wildman–Crippen LogP) is 14.2. The van der Waals surface area contributed by atoms with Gasteiger partial charge in [-0.3, -0.25) is 0 Å². The monoisotopic (exact) mass is 717 g/mol. The van der Waals surface area contributed by atoms with E-state index in [1.807, 2.05) is 60.7 Å². The SMILES string of the molecule is c1ccc(-c2ccc(N(c3ccc(-c4ccccc4)cc3)c3cccc4oc5ccc(-c6nc(-c7ccccc7)cc(-c7ccccc7)n6)cc5c34)cc2)cc1. The van der Waals surface area contributed by atoms with Crippen molar-refractivity contribution in [3.8, 4) is 56.2 Å². The van der Waals surface area contributed by atoms with E-state index in [9.17, 15) is 0 Å². The number of rotatable bonds is 8. The highest BCUT2D eigenvalue weighted by molar-refractivity contribution is 6.14. The van der Waals surface area contributed by atoms with Gasteiger partial charge in [0.2, 0.25) is 0 Å². The van der Waals surface area contributed by atoms with E-state index in [-0.39, 0.29) is 0 Å². The molecular weight excluding hydrogens is 683 g/mol. The molecule has 264 valence electrons. The first-order chi connectivity index (χ1) is 27.7. The molecule has 0 aliphatic rings. The topological polar surface area (TPSA) is 42.2 Å². The lowest BCUT2D eigenvalue weighted by Gasteiger charge is -2.26. The molecule has 0 spiro atoms. The second kappa shape index (κ2) is 14.3. The van der Waals surface area contributed by atoms with E-state index >= 15 is 0 Å². The molecule has 4 nitrogen and oxygen atoms in total. The Balaban J connectivity index is 1.14. The fourth-order valence-corrected chi connectivity index (χ4v) is 7.52. The van der Waals surface area contributed by atoms with Gasteiger partial charge < -0.3 is 9.32 Å². The van der Waals surface area contributed by atoms with Crippen LogP contribution < -0.4 is 4.90 Å². The second-order valence-electron chi connectivity index (χ2n) is 13.8. The van der Waals surface area contributed by atoms with Crippen molar-refractivity contribution in [2.75, 3.05) is 4.90 Å². The van der Waals surface area contributed by atoms with Gasteiger partial charge in [-0.25, -0.2) is 9.97 Å². The number of fused-ring (bicyclic) bond motifs is 3. The van der Waals surface area contributed by atoms with Gasteiger partial charge >= 0.3 is 0 Å². The van der Waals surface area contributed by atoms with E-state index in [0.29, 0.717) is 5.82 Å². The van der Waals surface area contributed by atoms with Gasteiger partial charge in [-0.15, -0.1) is 0 Å². The summed E-state index contributed by atoms with van der Waals surface area (Å²) in [5.74, 6) is 0.656. The molecule has 0 unspecified atom stereocenters. The molecule has 0 fully saturated rings. The third-order valence-electron chi connectivity index (χ3n) is 10.3. The highest BCUT2D eigenvalue weighted by Gasteiger charge is 2.21. The number of hydrogen-bond donors (Lipinski definition) is 0. The third-order valence-corrected chi connectivity index (χ3v) is 10.3. The van der Waals surface area contributed by atoms with E-state index in [4.69, 9.17) is 14.4 Å². The molecule has 0 atom stereocenters. The summed E-state index contributed by atoms with van der Waals surface area (Å²) in [4.78, 5) is 12.6. The molecule has 0 aliphatic heterocycles. The molecule has 0 N–H and O–H groups in total. The van der Waals surface area contributed by atoms with Gasteiger partial charge in [0.15, 0.2) is 5.82 Å². The minimum atomic E-state index is 0.656. The van der Waals surface area contributed by atoms with Gasteiger partial charge in [-0.1, -0.05) is 152 Å². The second-order valence-corrected chi connectivity index (χ2v) is 13.8. The molecular formula is C52H35N3O. The van der Waals surface area contributed by atoms with Crippen molar-refractivity contribution in [1.29, 1.82) is 0 Å². The molecule has 10 aromatic rings. The van der Waals surface area contributed by atoms with Crippen molar-refractivity contribution in [3.05, 3.63) is 212 Å². The molecule has 0 saturated carbocycles. The van der Waals surface area contributed by atoms with Gasteiger partial charge in [-0.05, 0) is 82.9 Å². The Hall–Kier alpha value is -7.56.